The molecule has 0 saturated carbocycles. The van der Waals surface area contributed by atoms with Gasteiger partial charge in [-0.1, -0.05) is 11.6 Å². The molecular weight excluding hydrogens is 304 g/mol. The fourth-order valence-electron chi connectivity index (χ4n) is 3.18. The molecule has 1 aromatic heterocycles. The molecular formula is C15H21ClN4O2. The van der Waals surface area contributed by atoms with Crippen LogP contribution in [0.3, 0.4) is 0 Å². The fraction of sp³-hybridized carbons (Fsp3) is 0.600. The molecule has 3 heterocycles. The number of pyridine rings is 1. The van der Waals surface area contributed by atoms with E-state index in [1.165, 1.54) is 6.20 Å². The molecule has 6 nitrogen and oxygen atoms in total. The molecule has 2 N–H and O–H groups in total. The zero-order chi connectivity index (χ0) is 15.4. The van der Waals surface area contributed by atoms with Crippen molar-refractivity contribution < 1.29 is 9.53 Å². The summed E-state index contributed by atoms with van der Waals surface area (Å²) < 4.78 is 5.45. The standard InChI is InChI=1S/C15H21ClN4O2/c16-14-2-1-12(9-19-14)22-15(21)20-8-7-18-10-13(20)11-3-5-17-6-4-11/h1-2,9,11,13,17-18H,3-8,10H2. The maximum absolute atomic E-state index is 12.5. The SMILES string of the molecule is O=C(Oc1ccc(Cl)nc1)N1CCNCC1C1CCNCC1. The van der Waals surface area contributed by atoms with Gasteiger partial charge in [-0.05, 0) is 44.0 Å². The second-order valence-electron chi connectivity index (χ2n) is 5.74. The first-order chi connectivity index (χ1) is 10.7. The van der Waals surface area contributed by atoms with Crippen LogP contribution < -0.4 is 15.4 Å². The van der Waals surface area contributed by atoms with Crippen molar-refractivity contribution in [1.82, 2.24) is 20.5 Å². The van der Waals surface area contributed by atoms with E-state index in [0.717, 1.165) is 39.0 Å². The molecule has 2 aliphatic heterocycles. The smallest absolute Gasteiger partial charge is 0.409 e. The number of halogens is 1. The maximum atomic E-state index is 12.5. The number of aromatic nitrogens is 1. The van der Waals surface area contributed by atoms with Crippen molar-refractivity contribution in [2.45, 2.75) is 18.9 Å². The number of carbonyl (C=O) groups is 1. The molecule has 1 aromatic rings. The minimum absolute atomic E-state index is 0.198. The molecule has 2 fully saturated rings. The topological polar surface area (TPSA) is 66.5 Å². The van der Waals surface area contributed by atoms with Crippen LogP contribution in [0.2, 0.25) is 5.15 Å². The molecule has 120 valence electrons. The first-order valence-electron chi connectivity index (χ1n) is 7.75. The maximum Gasteiger partial charge on any atom is 0.415 e. The molecule has 1 unspecified atom stereocenters. The summed E-state index contributed by atoms with van der Waals surface area (Å²) in [5.74, 6) is 0.946. The highest BCUT2D eigenvalue weighted by molar-refractivity contribution is 6.29. The summed E-state index contributed by atoms with van der Waals surface area (Å²) in [5, 5.41) is 7.14. The quantitative estimate of drug-likeness (QED) is 0.807. The molecule has 0 spiro atoms. The lowest BCUT2D eigenvalue weighted by Gasteiger charge is -2.41. The summed E-state index contributed by atoms with van der Waals surface area (Å²) in [7, 11) is 0. The number of hydrogen-bond donors (Lipinski definition) is 2. The minimum Gasteiger partial charge on any atom is -0.409 e. The highest BCUT2D eigenvalue weighted by Gasteiger charge is 2.34. The van der Waals surface area contributed by atoms with Gasteiger partial charge in [0.05, 0.1) is 12.2 Å². The summed E-state index contributed by atoms with van der Waals surface area (Å²) in [6.07, 6.45) is 3.37. The van der Waals surface area contributed by atoms with Gasteiger partial charge in [0.15, 0.2) is 5.75 Å². The number of carbonyl (C=O) groups excluding carboxylic acids is 1. The lowest BCUT2D eigenvalue weighted by molar-refractivity contribution is 0.0858. The summed E-state index contributed by atoms with van der Waals surface area (Å²) >= 11 is 5.75. The van der Waals surface area contributed by atoms with E-state index >= 15 is 0 Å². The zero-order valence-electron chi connectivity index (χ0n) is 12.4. The van der Waals surface area contributed by atoms with Crippen LogP contribution in [0, 0.1) is 5.92 Å². The van der Waals surface area contributed by atoms with Crippen molar-refractivity contribution in [3.05, 3.63) is 23.5 Å². The van der Waals surface area contributed by atoms with Crippen LogP contribution in [0.4, 0.5) is 4.79 Å². The van der Waals surface area contributed by atoms with Crippen molar-refractivity contribution >= 4 is 17.7 Å². The van der Waals surface area contributed by atoms with Crippen LogP contribution in [0.5, 0.6) is 5.75 Å². The van der Waals surface area contributed by atoms with Crippen molar-refractivity contribution in [3.8, 4) is 5.75 Å². The number of rotatable bonds is 2. The Morgan fingerprint density at radius 2 is 2.09 bits per heavy atom. The van der Waals surface area contributed by atoms with E-state index in [1.807, 2.05) is 4.90 Å². The van der Waals surface area contributed by atoms with E-state index in [0.29, 0.717) is 23.4 Å². The van der Waals surface area contributed by atoms with E-state index in [2.05, 4.69) is 15.6 Å². The number of nitrogens with zero attached hydrogens (tertiary/aromatic N) is 2. The number of amides is 1. The van der Waals surface area contributed by atoms with Gasteiger partial charge in [-0.3, -0.25) is 0 Å². The third-order valence-electron chi connectivity index (χ3n) is 4.35. The minimum atomic E-state index is -0.297. The monoisotopic (exact) mass is 324 g/mol. The molecule has 0 aromatic carbocycles. The molecule has 3 rings (SSSR count). The molecule has 0 aliphatic carbocycles. The van der Waals surface area contributed by atoms with Gasteiger partial charge in [0.2, 0.25) is 0 Å². The first kappa shape index (κ1) is 15.5. The van der Waals surface area contributed by atoms with Crippen LogP contribution in [0.1, 0.15) is 12.8 Å². The first-order valence-corrected chi connectivity index (χ1v) is 8.13. The lowest BCUT2D eigenvalue weighted by atomic mass is 9.88. The summed E-state index contributed by atoms with van der Waals surface area (Å²) in [4.78, 5) is 18.3. The number of nitrogens with one attached hydrogen (secondary N) is 2. The molecule has 1 atom stereocenters. The Morgan fingerprint density at radius 3 is 2.82 bits per heavy atom. The summed E-state index contributed by atoms with van der Waals surface area (Å²) in [6.45, 7) is 4.35. The predicted molar refractivity (Wildman–Crippen MR) is 84.2 cm³/mol. The Morgan fingerprint density at radius 1 is 1.27 bits per heavy atom. The lowest BCUT2D eigenvalue weighted by Crippen LogP contribution is -2.58. The van der Waals surface area contributed by atoms with Crippen LogP contribution in [0.15, 0.2) is 18.3 Å². The van der Waals surface area contributed by atoms with Crippen molar-refractivity contribution in [2.75, 3.05) is 32.7 Å². The zero-order valence-corrected chi connectivity index (χ0v) is 13.2. The van der Waals surface area contributed by atoms with Gasteiger partial charge >= 0.3 is 6.09 Å². The Kier molecular flexibility index (Phi) is 5.12. The number of piperidine rings is 1. The van der Waals surface area contributed by atoms with Gasteiger partial charge in [-0.25, -0.2) is 9.78 Å². The second-order valence-corrected chi connectivity index (χ2v) is 6.12. The van der Waals surface area contributed by atoms with E-state index in [4.69, 9.17) is 16.3 Å². The average molecular weight is 325 g/mol. The Hall–Kier alpha value is -1.37. The van der Waals surface area contributed by atoms with E-state index in [-0.39, 0.29) is 12.1 Å². The summed E-state index contributed by atoms with van der Waals surface area (Å²) in [6, 6.07) is 3.48. The highest BCUT2D eigenvalue weighted by Crippen LogP contribution is 2.23. The fourth-order valence-corrected chi connectivity index (χ4v) is 3.30. The molecule has 0 bridgehead atoms. The number of hydrogen-bond acceptors (Lipinski definition) is 5. The van der Waals surface area contributed by atoms with Gasteiger partial charge < -0.3 is 20.3 Å². The summed E-state index contributed by atoms with van der Waals surface area (Å²) in [5.41, 5.74) is 0. The van der Waals surface area contributed by atoms with Crippen molar-refractivity contribution in [2.24, 2.45) is 5.92 Å². The Labute approximate surface area is 135 Å². The van der Waals surface area contributed by atoms with Crippen LogP contribution in [0.25, 0.3) is 0 Å². The number of ether oxygens (including phenoxy) is 1. The van der Waals surface area contributed by atoms with Gasteiger partial charge in [0.1, 0.15) is 5.15 Å². The molecule has 2 aliphatic rings. The van der Waals surface area contributed by atoms with Gasteiger partial charge in [-0.2, -0.15) is 0 Å². The van der Waals surface area contributed by atoms with Gasteiger partial charge in [-0.15, -0.1) is 0 Å². The third kappa shape index (κ3) is 3.69. The number of piperazine rings is 1. The molecule has 1 amide bonds. The van der Waals surface area contributed by atoms with Crippen LogP contribution in [-0.2, 0) is 0 Å². The second kappa shape index (κ2) is 7.26. The molecule has 7 heteroatoms. The van der Waals surface area contributed by atoms with Crippen molar-refractivity contribution in [3.63, 3.8) is 0 Å². The van der Waals surface area contributed by atoms with Gasteiger partial charge in [0.25, 0.3) is 0 Å². The molecule has 0 radical (unpaired) electrons. The molecule has 2 saturated heterocycles. The van der Waals surface area contributed by atoms with Crippen LogP contribution in [-0.4, -0.2) is 54.7 Å². The van der Waals surface area contributed by atoms with Crippen LogP contribution >= 0.6 is 11.6 Å². The van der Waals surface area contributed by atoms with E-state index in [1.54, 1.807) is 12.1 Å². The highest BCUT2D eigenvalue weighted by atomic mass is 35.5. The van der Waals surface area contributed by atoms with E-state index < -0.39 is 0 Å². The predicted octanol–water partition coefficient (Wildman–Crippen LogP) is 1.51. The molecule has 22 heavy (non-hydrogen) atoms. The average Bonchev–Trinajstić information content (AvgIpc) is 2.58. The largest absolute Gasteiger partial charge is 0.415 e. The normalized spacial score (nSPS) is 23.3. The Bertz CT molecular complexity index is 505. The van der Waals surface area contributed by atoms with E-state index in [9.17, 15) is 4.79 Å². The Balaban J connectivity index is 1.66. The van der Waals surface area contributed by atoms with Crippen molar-refractivity contribution in [1.29, 1.82) is 0 Å². The third-order valence-corrected chi connectivity index (χ3v) is 4.57. The van der Waals surface area contributed by atoms with Gasteiger partial charge in [0, 0.05) is 19.6 Å².